The summed E-state index contributed by atoms with van der Waals surface area (Å²) in [6.45, 7) is 10.7. The van der Waals surface area contributed by atoms with Crippen LogP contribution in [0.5, 0.6) is 5.75 Å². The molecule has 0 saturated carbocycles. The third-order valence-electron chi connectivity index (χ3n) is 4.31. The van der Waals surface area contributed by atoms with Crippen molar-refractivity contribution in [3.63, 3.8) is 0 Å². The molecule has 0 heterocycles. The average Bonchev–Trinajstić information content (AvgIpc) is 2.66. The van der Waals surface area contributed by atoms with E-state index in [-0.39, 0.29) is 11.0 Å². The number of ether oxygens (including phenoxy) is 1. The van der Waals surface area contributed by atoms with E-state index in [0.717, 1.165) is 28.8 Å². The molecular weight excluding hydrogens is 438 g/mol. The predicted molar refractivity (Wildman–Crippen MR) is 124 cm³/mol. The molecule has 0 aliphatic rings. The smallest absolute Gasteiger partial charge is 0.257 e. The van der Waals surface area contributed by atoms with Gasteiger partial charge in [-0.05, 0) is 97.8 Å². The fraction of sp³-hybridized carbons (Fsp3) is 0.333. The summed E-state index contributed by atoms with van der Waals surface area (Å²) in [6.07, 6.45) is 0. The maximum atomic E-state index is 12.5. The number of carbonyl (C=O) groups excluding carboxylic acids is 1. The molecule has 2 aromatic rings. The molecule has 0 bridgehead atoms. The lowest BCUT2D eigenvalue weighted by Crippen LogP contribution is -2.34. The number of carbonyl (C=O) groups is 1. The van der Waals surface area contributed by atoms with Gasteiger partial charge < -0.3 is 15.0 Å². The minimum Gasteiger partial charge on any atom is -0.493 e. The maximum absolute atomic E-state index is 12.5. The number of hydrogen-bond acceptors (Lipinski definition) is 4. The Morgan fingerprint density at radius 3 is 2.43 bits per heavy atom. The number of anilines is 2. The van der Waals surface area contributed by atoms with E-state index in [2.05, 4.69) is 57.4 Å². The topological polar surface area (TPSA) is 53.6 Å². The van der Waals surface area contributed by atoms with E-state index in [0.29, 0.717) is 17.9 Å². The van der Waals surface area contributed by atoms with Crippen LogP contribution in [0, 0.1) is 6.92 Å². The molecule has 150 valence electrons. The number of rotatable bonds is 7. The Morgan fingerprint density at radius 1 is 1.14 bits per heavy atom. The lowest BCUT2D eigenvalue weighted by molar-refractivity contribution is 0.0977. The zero-order chi connectivity index (χ0) is 20.7. The highest BCUT2D eigenvalue weighted by Gasteiger charge is 2.12. The highest BCUT2D eigenvalue weighted by Crippen LogP contribution is 2.26. The Hall–Kier alpha value is -2.12. The van der Waals surface area contributed by atoms with Crippen LogP contribution < -0.4 is 20.3 Å². The van der Waals surface area contributed by atoms with E-state index in [1.807, 2.05) is 19.9 Å². The number of nitrogens with one attached hydrogen (secondary N) is 2. The van der Waals surface area contributed by atoms with Gasteiger partial charge in [-0.2, -0.15) is 0 Å². The number of aryl methyl sites for hydroxylation is 1. The second-order valence-electron chi connectivity index (χ2n) is 6.16. The number of thiocarbonyl (C=S) groups is 1. The van der Waals surface area contributed by atoms with Gasteiger partial charge in [0.15, 0.2) is 5.11 Å². The Balaban J connectivity index is 2.03. The van der Waals surface area contributed by atoms with Gasteiger partial charge in [0.05, 0.1) is 11.1 Å². The van der Waals surface area contributed by atoms with E-state index < -0.39 is 0 Å². The molecule has 2 rings (SSSR count). The summed E-state index contributed by atoms with van der Waals surface area (Å²) in [5.74, 6) is 0.419. The van der Waals surface area contributed by atoms with E-state index in [9.17, 15) is 4.79 Å². The second-order valence-corrected chi connectivity index (χ2v) is 7.42. The van der Waals surface area contributed by atoms with Crippen LogP contribution in [-0.4, -0.2) is 30.7 Å². The Labute approximate surface area is 180 Å². The minimum absolute atomic E-state index is 0.258. The molecule has 0 aliphatic carbocycles. The third kappa shape index (κ3) is 5.69. The van der Waals surface area contributed by atoms with E-state index in [4.69, 9.17) is 17.0 Å². The van der Waals surface area contributed by atoms with E-state index in [1.54, 1.807) is 18.2 Å². The SMILES string of the molecule is CCOc1ccc(C(=O)NC(=S)Nc2ccc(N(CC)CC)cc2C)cc1Br. The van der Waals surface area contributed by atoms with Gasteiger partial charge in [0.25, 0.3) is 5.91 Å². The van der Waals surface area contributed by atoms with Crippen molar-refractivity contribution in [3.8, 4) is 5.75 Å². The third-order valence-corrected chi connectivity index (χ3v) is 5.13. The highest BCUT2D eigenvalue weighted by molar-refractivity contribution is 9.10. The van der Waals surface area contributed by atoms with Gasteiger partial charge in [-0.1, -0.05) is 0 Å². The summed E-state index contributed by atoms with van der Waals surface area (Å²) >= 11 is 8.73. The van der Waals surface area contributed by atoms with Crippen molar-refractivity contribution in [1.29, 1.82) is 0 Å². The molecule has 5 nitrogen and oxygen atoms in total. The molecular formula is C21H26BrN3O2S. The lowest BCUT2D eigenvalue weighted by atomic mass is 10.1. The number of benzene rings is 2. The molecule has 0 fully saturated rings. The zero-order valence-corrected chi connectivity index (χ0v) is 19.0. The van der Waals surface area contributed by atoms with Crippen LogP contribution in [0.4, 0.5) is 11.4 Å². The first-order valence-electron chi connectivity index (χ1n) is 9.29. The quantitative estimate of drug-likeness (QED) is 0.557. The molecule has 0 aromatic heterocycles. The molecule has 28 heavy (non-hydrogen) atoms. The number of amides is 1. The van der Waals surface area contributed by atoms with Crippen LogP contribution in [-0.2, 0) is 0 Å². The fourth-order valence-corrected chi connectivity index (χ4v) is 3.51. The summed E-state index contributed by atoms with van der Waals surface area (Å²) < 4.78 is 6.19. The second kappa shape index (κ2) is 10.4. The number of nitrogens with zero attached hydrogens (tertiary/aromatic N) is 1. The standard InChI is InChI=1S/C21H26BrN3O2S/c1-5-25(6-2)16-9-10-18(14(4)12-16)23-21(28)24-20(26)15-8-11-19(27-7-3)17(22)13-15/h8-13H,5-7H2,1-4H3,(H2,23,24,26,28). The fourth-order valence-electron chi connectivity index (χ4n) is 2.82. The van der Waals surface area contributed by atoms with Crippen molar-refractivity contribution in [2.75, 3.05) is 29.9 Å². The minimum atomic E-state index is -0.279. The average molecular weight is 464 g/mol. The summed E-state index contributed by atoms with van der Waals surface area (Å²) in [6, 6.07) is 11.3. The summed E-state index contributed by atoms with van der Waals surface area (Å²) in [4.78, 5) is 14.7. The van der Waals surface area contributed by atoms with Crippen molar-refractivity contribution in [3.05, 3.63) is 52.0 Å². The zero-order valence-electron chi connectivity index (χ0n) is 16.6. The van der Waals surface area contributed by atoms with Crippen molar-refractivity contribution in [2.24, 2.45) is 0 Å². The van der Waals surface area contributed by atoms with E-state index in [1.165, 1.54) is 5.69 Å². The first-order valence-corrected chi connectivity index (χ1v) is 10.5. The Morgan fingerprint density at radius 2 is 1.86 bits per heavy atom. The van der Waals surface area contributed by atoms with Gasteiger partial charge in [0.1, 0.15) is 5.75 Å². The molecule has 0 atom stereocenters. The van der Waals surface area contributed by atoms with Gasteiger partial charge in [-0.3, -0.25) is 10.1 Å². The van der Waals surface area contributed by atoms with Gasteiger partial charge >= 0.3 is 0 Å². The van der Waals surface area contributed by atoms with Crippen molar-refractivity contribution in [1.82, 2.24) is 5.32 Å². The van der Waals surface area contributed by atoms with Gasteiger partial charge in [-0.25, -0.2) is 0 Å². The summed E-state index contributed by atoms with van der Waals surface area (Å²) in [5.41, 5.74) is 3.59. The maximum Gasteiger partial charge on any atom is 0.257 e. The molecule has 0 aliphatic heterocycles. The highest BCUT2D eigenvalue weighted by atomic mass is 79.9. The molecule has 0 radical (unpaired) electrons. The molecule has 2 N–H and O–H groups in total. The van der Waals surface area contributed by atoms with Crippen LogP contribution in [0.25, 0.3) is 0 Å². The molecule has 0 spiro atoms. The first kappa shape index (κ1) is 22.2. The van der Waals surface area contributed by atoms with Crippen molar-refractivity contribution < 1.29 is 9.53 Å². The lowest BCUT2D eigenvalue weighted by Gasteiger charge is -2.22. The number of hydrogen-bond donors (Lipinski definition) is 2. The molecule has 2 aromatic carbocycles. The van der Waals surface area contributed by atoms with Crippen LogP contribution in [0.15, 0.2) is 40.9 Å². The van der Waals surface area contributed by atoms with Crippen LogP contribution in [0.3, 0.4) is 0 Å². The van der Waals surface area contributed by atoms with Gasteiger partial charge in [0.2, 0.25) is 0 Å². The van der Waals surface area contributed by atoms with Crippen LogP contribution in [0.1, 0.15) is 36.7 Å². The molecule has 7 heteroatoms. The van der Waals surface area contributed by atoms with Crippen molar-refractivity contribution in [2.45, 2.75) is 27.7 Å². The van der Waals surface area contributed by atoms with Gasteiger partial charge in [-0.15, -0.1) is 0 Å². The molecule has 1 amide bonds. The van der Waals surface area contributed by atoms with Crippen LogP contribution >= 0.6 is 28.1 Å². The van der Waals surface area contributed by atoms with Gasteiger partial charge in [0, 0.05) is 30.0 Å². The molecule has 0 unspecified atom stereocenters. The first-order chi connectivity index (χ1) is 13.4. The summed E-state index contributed by atoms with van der Waals surface area (Å²) in [7, 11) is 0. The van der Waals surface area contributed by atoms with Crippen LogP contribution in [0.2, 0.25) is 0 Å². The monoisotopic (exact) mass is 463 g/mol. The Kier molecular flexibility index (Phi) is 8.26. The normalized spacial score (nSPS) is 10.3. The largest absolute Gasteiger partial charge is 0.493 e. The summed E-state index contributed by atoms with van der Waals surface area (Å²) in [5, 5.41) is 6.08. The number of halogens is 1. The Bertz CT molecular complexity index is 854. The predicted octanol–water partition coefficient (Wildman–Crippen LogP) is 5.13. The van der Waals surface area contributed by atoms with Crippen molar-refractivity contribution >= 4 is 50.5 Å². The molecule has 0 saturated heterocycles. The van der Waals surface area contributed by atoms with E-state index >= 15 is 0 Å².